The highest BCUT2D eigenvalue weighted by Crippen LogP contribution is 2.32. The predicted octanol–water partition coefficient (Wildman–Crippen LogP) is 3.63. The molecule has 0 saturated heterocycles. The molecule has 0 aliphatic carbocycles. The van der Waals surface area contributed by atoms with Gasteiger partial charge in [-0.1, -0.05) is 38.1 Å². The first-order valence-corrected chi connectivity index (χ1v) is 8.30. The normalized spacial score (nSPS) is 10.7. The number of hydrogen-bond donors (Lipinski definition) is 3. The van der Waals surface area contributed by atoms with Crippen LogP contribution in [0.25, 0.3) is 0 Å². The Morgan fingerprint density at radius 3 is 2.38 bits per heavy atom. The molecule has 0 aromatic heterocycles. The standard InChI is InChI=1S/C20H23NO5/c1-11(2)14-7-5-6-12(3)17(14)21-16(22)10-26-20(25)15-9-8-13(4)18(23)19(15)24/h5-9,11,23-24H,10H2,1-4H3,(H,21,22). The van der Waals surface area contributed by atoms with Crippen molar-refractivity contribution in [1.29, 1.82) is 0 Å². The van der Waals surface area contributed by atoms with Crippen LogP contribution in [0.1, 0.15) is 46.8 Å². The van der Waals surface area contributed by atoms with E-state index in [-0.39, 0.29) is 17.2 Å². The van der Waals surface area contributed by atoms with E-state index in [2.05, 4.69) is 5.32 Å². The van der Waals surface area contributed by atoms with E-state index in [1.54, 1.807) is 6.92 Å². The van der Waals surface area contributed by atoms with Crippen molar-refractivity contribution >= 4 is 17.6 Å². The van der Waals surface area contributed by atoms with E-state index in [9.17, 15) is 19.8 Å². The van der Waals surface area contributed by atoms with Crippen molar-refractivity contribution in [1.82, 2.24) is 0 Å². The van der Waals surface area contributed by atoms with Gasteiger partial charge in [0.05, 0.1) is 0 Å². The van der Waals surface area contributed by atoms with E-state index >= 15 is 0 Å². The lowest BCUT2D eigenvalue weighted by molar-refractivity contribution is -0.119. The van der Waals surface area contributed by atoms with Crippen molar-refractivity contribution < 1.29 is 24.5 Å². The van der Waals surface area contributed by atoms with Gasteiger partial charge < -0.3 is 20.3 Å². The number of benzene rings is 2. The highest BCUT2D eigenvalue weighted by Gasteiger charge is 2.19. The second-order valence-electron chi connectivity index (χ2n) is 6.45. The van der Waals surface area contributed by atoms with Gasteiger partial charge in [0.25, 0.3) is 5.91 Å². The number of amides is 1. The lowest BCUT2D eigenvalue weighted by Crippen LogP contribution is -2.22. The Morgan fingerprint density at radius 2 is 1.73 bits per heavy atom. The first kappa shape index (κ1) is 19.3. The van der Waals surface area contributed by atoms with Crippen LogP contribution in [0.5, 0.6) is 11.5 Å². The van der Waals surface area contributed by atoms with Gasteiger partial charge in [-0.25, -0.2) is 4.79 Å². The number of hydrogen-bond acceptors (Lipinski definition) is 5. The van der Waals surface area contributed by atoms with Crippen LogP contribution in [0.3, 0.4) is 0 Å². The number of ether oxygens (including phenoxy) is 1. The quantitative estimate of drug-likeness (QED) is 0.561. The molecule has 6 nitrogen and oxygen atoms in total. The third-order valence-electron chi connectivity index (χ3n) is 4.10. The minimum Gasteiger partial charge on any atom is -0.504 e. The summed E-state index contributed by atoms with van der Waals surface area (Å²) in [5.41, 5.74) is 2.85. The highest BCUT2D eigenvalue weighted by molar-refractivity contribution is 5.98. The van der Waals surface area contributed by atoms with Crippen molar-refractivity contribution in [2.45, 2.75) is 33.6 Å². The third-order valence-corrected chi connectivity index (χ3v) is 4.10. The molecule has 0 unspecified atom stereocenters. The number of para-hydroxylation sites is 1. The van der Waals surface area contributed by atoms with E-state index in [1.807, 2.05) is 39.0 Å². The van der Waals surface area contributed by atoms with Crippen LogP contribution in [0.2, 0.25) is 0 Å². The summed E-state index contributed by atoms with van der Waals surface area (Å²) in [6, 6.07) is 8.57. The van der Waals surface area contributed by atoms with Crippen LogP contribution in [-0.2, 0) is 9.53 Å². The first-order valence-electron chi connectivity index (χ1n) is 8.30. The molecule has 138 valence electrons. The molecular weight excluding hydrogens is 334 g/mol. The van der Waals surface area contributed by atoms with Gasteiger partial charge in [-0.3, -0.25) is 4.79 Å². The predicted molar refractivity (Wildman–Crippen MR) is 98.7 cm³/mol. The molecule has 0 atom stereocenters. The molecule has 0 saturated carbocycles. The zero-order valence-electron chi connectivity index (χ0n) is 15.3. The monoisotopic (exact) mass is 357 g/mol. The number of anilines is 1. The molecule has 0 aliphatic rings. The molecular formula is C20H23NO5. The zero-order chi connectivity index (χ0) is 19.4. The Kier molecular flexibility index (Phi) is 5.87. The Bertz CT molecular complexity index is 842. The molecule has 0 aliphatic heterocycles. The van der Waals surface area contributed by atoms with Crippen LogP contribution in [-0.4, -0.2) is 28.7 Å². The maximum atomic E-state index is 12.2. The summed E-state index contributed by atoms with van der Waals surface area (Å²) in [7, 11) is 0. The Balaban J connectivity index is 2.06. The van der Waals surface area contributed by atoms with Crippen LogP contribution in [0.15, 0.2) is 30.3 Å². The fraction of sp³-hybridized carbons (Fsp3) is 0.300. The minimum absolute atomic E-state index is 0.195. The van der Waals surface area contributed by atoms with Crippen LogP contribution < -0.4 is 5.32 Å². The fourth-order valence-corrected chi connectivity index (χ4v) is 2.57. The number of phenols is 2. The van der Waals surface area contributed by atoms with Gasteiger partial charge in [-0.2, -0.15) is 0 Å². The van der Waals surface area contributed by atoms with Gasteiger partial charge in [-0.05, 0) is 42.5 Å². The number of carbonyl (C=O) groups is 2. The number of nitrogens with one attached hydrogen (secondary N) is 1. The van der Waals surface area contributed by atoms with Gasteiger partial charge in [0.15, 0.2) is 18.1 Å². The molecule has 0 fully saturated rings. The SMILES string of the molecule is Cc1ccc(C(=O)OCC(=O)Nc2c(C)cccc2C(C)C)c(O)c1O. The molecule has 6 heteroatoms. The summed E-state index contributed by atoms with van der Waals surface area (Å²) in [5.74, 6) is -2.09. The number of phenolic OH excluding ortho intramolecular Hbond substituents is 2. The van der Waals surface area contributed by atoms with E-state index in [0.717, 1.165) is 11.1 Å². The van der Waals surface area contributed by atoms with Crippen molar-refractivity contribution in [3.05, 3.63) is 52.6 Å². The average molecular weight is 357 g/mol. The molecule has 3 N–H and O–H groups in total. The molecule has 26 heavy (non-hydrogen) atoms. The first-order chi connectivity index (χ1) is 12.2. The Morgan fingerprint density at radius 1 is 1.04 bits per heavy atom. The maximum absolute atomic E-state index is 12.2. The topological polar surface area (TPSA) is 95.9 Å². The van der Waals surface area contributed by atoms with E-state index < -0.39 is 24.2 Å². The molecule has 2 aromatic carbocycles. The smallest absolute Gasteiger partial charge is 0.342 e. The Hall–Kier alpha value is -3.02. The maximum Gasteiger partial charge on any atom is 0.342 e. The molecule has 0 heterocycles. The summed E-state index contributed by atoms with van der Waals surface area (Å²) in [6.45, 7) is 7.03. The summed E-state index contributed by atoms with van der Waals surface area (Å²) >= 11 is 0. The van der Waals surface area contributed by atoms with Gasteiger partial charge in [0.1, 0.15) is 5.56 Å². The molecule has 1 amide bonds. The van der Waals surface area contributed by atoms with E-state index in [1.165, 1.54) is 12.1 Å². The van der Waals surface area contributed by atoms with Gasteiger partial charge in [-0.15, -0.1) is 0 Å². The van der Waals surface area contributed by atoms with Gasteiger partial charge in [0, 0.05) is 5.69 Å². The van der Waals surface area contributed by atoms with E-state index in [0.29, 0.717) is 11.3 Å². The second-order valence-corrected chi connectivity index (χ2v) is 6.45. The second kappa shape index (κ2) is 7.91. The highest BCUT2D eigenvalue weighted by atomic mass is 16.5. The van der Waals surface area contributed by atoms with Crippen molar-refractivity contribution in [3.8, 4) is 11.5 Å². The van der Waals surface area contributed by atoms with Gasteiger partial charge >= 0.3 is 5.97 Å². The number of aromatic hydroxyl groups is 2. The van der Waals surface area contributed by atoms with Crippen LogP contribution in [0, 0.1) is 13.8 Å². The van der Waals surface area contributed by atoms with Crippen LogP contribution >= 0.6 is 0 Å². The molecule has 2 aromatic rings. The fourth-order valence-electron chi connectivity index (χ4n) is 2.57. The number of aryl methyl sites for hydroxylation is 2. The summed E-state index contributed by atoms with van der Waals surface area (Å²) in [4.78, 5) is 24.2. The minimum atomic E-state index is -0.887. The lowest BCUT2D eigenvalue weighted by Gasteiger charge is -2.16. The van der Waals surface area contributed by atoms with E-state index in [4.69, 9.17) is 4.74 Å². The summed E-state index contributed by atoms with van der Waals surface area (Å²) < 4.78 is 4.96. The average Bonchev–Trinajstić information content (AvgIpc) is 2.59. The number of rotatable bonds is 5. The molecule has 0 radical (unpaired) electrons. The van der Waals surface area contributed by atoms with Crippen molar-refractivity contribution in [3.63, 3.8) is 0 Å². The van der Waals surface area contributed by atoms with Crippen LogP contribution in [0.4, 0.5) is 5.69 Å². The van der Waals surface area contributed by atoms with Gasteiger partial charge in [0.2, 0.25) is 0 Å². The number of carbonyl (C=O) groups excluding carboxylic acids is 2. The summed E-state index contributed by atoms with van der Waals surface area (Å²) in [5, 5.41) is 22.3. The number of esters is 1. The van der Waals surface area contributed by atoms with Crippen molar-refractivity contribution in [2.75, 3.05) is 11.9 Å². The molecule has 0 spiro atoms. The lowest BCUT2D eigenvalue weighted by atomic mass is 9.98. The zero-order valence-corrected chi connectivity index (χ0v) is 15.3. The summed E-state index contributed by atoms with van der Waals surface area (Å²) in [6.07, 6.45) is 0. The molecule has 2 rings (SSSR count). The van der Waals surface area contributed by atoms with Crippen molar-refractivity contribution in [2.24, 2.45) is 0 Å². The molecule has 0 bridgehead atoms. The Labute approximate surface area is 152 Å². The largest absolute Gasteiger partial charge is 0.504 e. The third kappa shape index (κ3) is 4.14.